The number of nitrogens with two attached hydrogens (primary N) is 1. The van der Waals surface area contributed by atoms with Crippen molar-refractivity contribution in [1.29, 1.82) is 0 Å². The van der Waals surface area contributed by atoms with Gasteiger partial charge in [-0.15, -0.1) is 11.3 Å². The minimum Gasteiger partial charge on any atom is -0.271 e. The highest BCUT2D eigenvalue weighted by Gasteiger charge is 2.14. The molecular weight excluding hydrogens is 210 g/mol. The predicted molar refractivity (Wildman–Crippen MR) is 59.1 cm³/mol. The highest BCUT2D eigenvalue weighted by atomic mass is 32.1. The third kappa shape index (κ3) is 2.23. The third-order valence-corrected chi connectivity index (χ3v) is 3.08. The third-order valence-electron chi connectivity index (χ3n) is 2.28. The summed E-state index contributed by atoms with van der Waals surface area (Å²) in [6.45, 7) is 0. The summed E-state index contributed by atoms with van der Waals surface area (Å²) in [4.78, 5) is 4.24. The van der Waals surface area contributed by atoms with Gasteiger partial charge >= 0.3 is 0 Å². The first-order valence-electron chi connectivity index (χ1n) is 4.63. The van der Waals surface area contributed by atoms with Crippen molar-refractivity contribution in [1.82, 2.24) is 20.2 Å². The van der Waals surface area contributed by atoms with Crippen molar-refractivity contribution in [3.05, 3.63) is 34.5 Å². The summed E-state index contributed by atoms with van der Waals surface area (Å²) in [6.07, 6.45) is 4.35. The second kappa shape index (κ2) is 4.52. The number of nitrogens with zero attached hydrogens (tertiary/aromatic N) is 3. The lowest BCUT2D eigenvalue weighted by Gasteiger charge is -2.14. The van der Waals surface area contributed by atoms with E-state index in [1.54, 1.807) is 23.7 Å². The molecule has 2 heterocycles. The van der Waals surface area contributed by atoms with E-state index in [1.807, 2.05) is 23.2 Å². The lowest BCUT2D eigenvalue weighted by molar-refractivity contribution is 0.507. The number of aryl methyl sites for hydroxylation is 1. The average molecular weight is 223 g/mol. The van der Waals surface area contributed by atoms with Gasteiger partial charge in [0.05, 0.1) is 16.7 Å². The van der Waals surface area contributed by atoms with Gasteiger partial charge in [0.1, 0.15) is 0 Å². The fourth-order valence-corrected chi connectivity index (χ4v) is 2.17. The molecule has 80 valence electrons. The Labute approximate surface area is 91.9 Å². The summed E-state index contributed by atoms with van der Waals surface area (Å²) in [7, 11) is 1.90. The summed E-state index contributed by atoms with van der Waals surface area (Å²) in [6, 6.07) is 2.02. The van der Waals surface area contributed by atoms with Gasteiger partial charge in [0.25, 0.3) is 0 Å². The van der Waals surface area contributed by atoms with Gasteiger partial charge < -0.3 is 0 Å². The quantitative estimate of drug-likeness (QED) is 0.589. The molecule has 0 spiro atoms. The SMILES string of the molecule is Cn1nccc1C(Cc1nccs1)NN. The van der Waals surface area contributed by atoms with Crippen molar-refractivity contribution in [3.63, 3.8) is 0 Å². The fraction of sp³-hybridized carbons (Fsp3) is 0.333. The van der Waals surface area contributed by atoms with E-state index >= 15 is 0 Å². The van der Waals surface area contributed by atoms with Crippen LogP contribution in [0.2, 0.25) is 0 Å². The van der Waals surface area contributed by atoms with Crippen LogP contribution < -0.4 is 11.3 Å². The average Bonchev–Trinajstić information content (AvgIpc) is 2.85. The Morgan fingerprint density at radius 1 is 1.60 bits per heavy atom. The first-order chi connectivity index (χ1) is 7.31. The highest BCUT2D eigenvalue weighted by Crippen LogP contribution is 2.17. The number of aromatic nitrogens is 3. The molecule has 1 unspecified atom stereocenters. The standard InChI is InChI=1S/C9H13N5S/c1-14-8(2-3-12-14)7(13-10)6-9-11-4-5-15-9/h2-5,7,13H,6,10H2,1H3. The molecule has 0 aliphatic rings. The van der Waals surface area contributed by atoms with Crippen molar-refractivity contribution in [2.45, 2.75) is 12.5 Å². The van der Waals surface area contributed by atoms with Crippen molar-refractivity contribution in [2.24, 2.45) is 12.9 Å². The molecule has 0 aliphatic heterocycles. The normalized spacial score (nSPS) is 12.9. The molecule has 0 amide bonds. The zero-order valence-electron chi connectivity index (χ0n) is 8.42. The van der Waals surface area contributed by atoms with Crippen LogP contribution in [0, 0.1) is 0 Å². The monoisotopic (exact) mass is 223 g/mol. The van der Waals surface area contributed by atoms with E-state index in [1.165, 1.54) is 0 Å². The summed E-state index contributed by atoms with van der Waals surface area (Å²) < 4.78 is 1.82. The predicted octanol–water partition coefficient (Wildman–Crippen LogP) is 0.624. The maximum absolute atomic E-state index is 5.54. The van der Waals surface area contributed by atoms with E-state index in [2.05, 4.69) is 15.5 Å². The van der Waals surface area contributed by atoms with E-state index < -0.39 is 0 Å². The molecule has 0 saturated carbocycles. The number of hydrogen-bond acceptors (Lipinski definition) is 5. The Morgan fingerprint density at radius 3 is 3.00 bits per heavy atom. The van der Waals surface area contributed by atoms with E-state index in [9.17, 15) is 0 Å². The summed E-state index contributed by atoms with van der Waals surface area (Å²) in [5, 5.41) is 7.15. The number of hydrogen-bond donors (Lipinski definition) is 2. The zero-order valence-corrected chi connectivity index (χ0v) is 9.24. The molecule has 0 aromatic carbocycles. The largest absolute Gasteiger partial charge is 0.271 e. The first kappa shape index (κ1) is 10.3. The van der Waals surface area contributed by atoms with Gasteiger partial charge in [-0.25, -0.2) is 4.98 Å². The summed E-state index contributed by atoms with van der Waals surface area (Å²) >= 11 is 1.63. The minimum atomic E-state index is 0.0589. The van der Waals surface area contributed by atoms with Gasteiger partial charge in [-0.1, -0.05) is 0 Å². The summed E-state index contributed by atoms with van der Waals surface area (Å²) in [5.74, 6) is 5.54. The molecule has 3 N–H and O–H groups in total. The van der Waals surface area contributed by atoms with Crippen LogP contribution in [0.1, 0.15) is 16.7 Å². The lowest BCUT2D eigenvalue weighted by Crippen LogP contribution is -2.31. The Morgan fingerprint density at radius 2 is 2.47 bits per heavy atom. The topological polar surface area (TPSA) is 68.8 Å². The second-order valence-corrected chi connectivity index (χ2v) is 4.21. The van der Waals surface area contributed by atoms with Crippen LogP contribution in [0.3, 0.4) is 0 Å². The molecule has 15 heavy (non-hydrogen) atoms. The number of nitrogens with one attached hydrogen (secondary N) is 1. The summed E-state index contributed by atoms with van der Waals surface area (Å²) in [5.41, 5.74) is 3.85. The Kier molecular flexibility index (Phi) is 3.10. The maximum Gasteiger partial charge on any atom is 0.0944 e. The molecule has 0 aliphatic carbocycles. The molecule has 2 aromatic heterocycles. The van der Waals surface area contributed by atoms with Gasteiger partial charge in [-0.2, -0.15) is 5.10 Å². The van der Waals surface area contributed by atoms with Crippen LogP contribution in [-0.2, 0) is 13.5 Å². The zero-order chi connectivity index (χ0) is 10.7. The molecule has 1 atom stereocenters. The van der Waals surface area contributed by atoms with E-state index in [4.69, 9.17) is 5.84 Å². The molecule has 0 fully saturated rings. The van der Waals surface area contributed by atoms with Crippen LogP contribution in [-0.4, -0.2) is 14.8 Å². The molecule has 6 heteroatoms. The van der Waals surface area contributed by atoms with Crippen LogP contribution in [0.15, 0.2) is 23.8 Å². The van der Waals surface area contributed by atoms with Crippen LogP contribution >= 0.6 is 11.3 Å². The number of rotatable bonds is 4. The minimum absolute atomic E-state index is 0.0589. The van der Waals surface area contributed by atoms with Gasteiger partial charge in [0.2, 0.25) is 0 Å². The van der Waals surface area contributed by atoms with E-state index in [0.29, 0.717) is 0 Å². The van der Waals surface area contributed by atoms with Gasteiger partial charge in [-0.3, -0.25) is 16.0 Å². The first-order valence-corrected chi connectivity index (χ1v) is 5.51. The second-order valence-electron chi connectivity index (χ2n) is 3.23. The Bertz CT molecular complexity index is 408. The smallest absolute Gasteiger partial charge is 0.0944 e. The molecule has 0 saturated heterocycles. The molecule has 0 radical (unpaired) electrons. The van der Waals surface area contributed by atoms with E-state index in [0.717, 1.165) is 17.1 Å². The fourth-order valence-electron chi connectivity index (χ4n) is 1.50. The van der Waals surface area contributed by atoms with Crippen molar-refractivity contribution >= 4 is 11.3 Å². The lowest BCUT2D eigenvalue weighted by atomic mass is 10.1. The molecule has 2 rings (SSSR count). The maximum atomic E-state index is 5.54. The van der Waals surface area contributed by atoms with Crippen LogP contribution in [0.5, 0.6) is 0 Å². The van der Waals surface area contributed by atoms with Gasteiger partial charge in [0, 0.05) is 31.2 Å². The molecule has 0 bridgehead atoms. The number of thiazole rings is 1. The highest BCUT2D eigenvalue weighted by molar-refractivity contribution is 7.09. The molecule has 5 nitrogen and oxygen atoms in total. The Hall–Kier alpha value is -1.24. The molecule has 2 aromatic rings. The van der Waals surface area contributed by atoms with Crippen molar-refractivity contribution in [2.75, 3.05) is 0 Å². The van der Waals surface area contributed by atoms with Crippen molar-refractivity contribution < 1.29 is 0 Å². The number of hydrazine groups is 1. The van der Waals surface area contributed by atoms with E-state index in [-0.39, 0.29) is 6.04 Å². The van der Waals surface area contributed by atoms with Gasteiger partial charge in [0.15, 0.2) is 0 Å². The van der Waals surface area contributed by atoms with Crippen LogP contribution in [0.4, 0.5) is 0 Å². The molecular formula is C9H13N5S. The Balaban J connectivity index is 2.15. The van der Waals surface area contributed by atoms with Gasteiger partial charge in [-0.05, 0) is 6.07 Å². The van der Waals surface area contributed by atoms with Crippen LogP contribution in [0.25, 0.3) is 0 Å². The van der Waals surface area contributed by atoms with Crippen molar-refractivity contribution in [3.8, 4) is 0 Å².